The van der Waals surface area contributed by atoms with Crippen molar-refractivity contribution in [2.75, 3.05) is 17.2 Å². The van der Waals surface area contributed by atoms with Gasteiger partial charge in [-0.2, -0.15) is 0 Å². The van der Waals surface area contributed by atoms with Crippen LogP contribution in [0.2, 0.25) is 10.0 Å². The predicted octanol–water partition coefficient (Wildman–Crippen LogP) is 8.70. The number of fused-ring (bicyclic) bond motifs is 4. The molecule has 45 heavy (non-hydrogen) atoms. The van der Waals surface area contributed by atoms with Crippen molar-refractivity contribution >= 4 is 69.7 Å². The first-order valence-corrected chi connectivity index (χ1v) is 15.6. The van der Waals surface area contributed by atoms with Gasteiger partial charge in [-0.1, -0.05) is 35.3 Å². The molecule has 4 aromatic rings. The molecule has 0 saturated heterocycles. The van der Waals surface area contributed by atoms with Gasteiger partial charge in [0.15, 0.2) is 0 Å². The van der Waals surface area contributed by atoms with E-state index in [1.807, 2.05) is 60.7 Å². The zero-order valence-electron chi connectivity index (χ0n) is 24.8. The Morgan fingerprint density at radius 2 is 1.22 bits per heavy atom. The molecule has 2 N–H and O–H groups in total. The average molecular weight is 638 g/mol. The lowest BCUT2D eigenvalue weighted by molar-refractivity contribution is -0.111. The first-order chi connectivity index (χ1) is 21.6. The van der Waals surface area contributed by atoms with E-state index in [0.717, 1.165) is 71.0 Å². The highest BCUT2D eigenvalue weighted by atomic mass is 35.5. The third kappa shape index (κ3) is 5.96. The summed E-state index contributed by atoms with van der Waals surface area (Å²) < 4.78 is 11.5. The Kier molecular flexibility index (Phi) is 7.43. The highest BCUT2D eigenvalue weighted by Gasteiger charge is 2.28. The quantitative estimate of drug-likeness (QED) is 0.216. The summed E-state index contributed by atoms with van der Waals surface area (Å²) >= 11 is 12.1. The zero-order chi connectivity index (χ0) is 31.3. The maximum Gasteiger partial charge on any atom is 0.256 e. The zero-order valence-corrected chi connectivity index (χ0v) is 26.3. The third-order valence-electron chi connectivity index (χ3n) is 8.33. The van der Waals surface area contributed by atoms with Crippen molar-refractivity contribution in [2.24, 2.45) is 0 Å². The van der Waals surface area contributed by atoms with Crippen LogP contribution in [-0.2, 0) is 22.4 Å². The van der Waals surface area contributed by atoms with E-state index < -0.39 is 0 Å². The molecule has 0 aliphatic carbocycles. The molecule has 4 aromatic carbocycles. The summed E-state index contributed by atoms with van der Waals surface area (Å²) in [6.07, 6.45) is 6.70. The first-order valence-electron chi connectivity index (χ1n) is 14.9. The van der Waals surface area contributed by atoms with Crippen molar-refractivity contribution in [3.05, 3.63) is 116 Å². The normalized spacial score (nSPS) is 18.5. The van der Waals surface area contributed by atoms with Gasteiger partial charge in [-0.15, -0.1) is 0 Å². The lowest BCUT2D eigenvalue weighted by Gasteiger charge is -2.32. The second kappa shape index (κ2) is 11.4. The van der Waals surface area contributed by atoms with E-state index in [1.54, 1.807) is 12.1 Å². The van der Waals surface area contributed by atoms with Crippen LogP contribution >= 0.6 is 23.2 Å². The van der Waals surface area contributed by atoms with Crippen molar-refractivity contribution in [1.82, 2.24) is 0 Å². The highest BCUT2D eigenvalue weighted by Crippen LogP contribution is 2.38. The smallest absolute Gasteiger partial charge is 0.256 e. The van der Waals surface area contributed by atoms with E-state index in [4.69, 9.17) is 32.7 Å². The van der Waals surface area contributed by atoms with Crippen LogP contribution in [0.3, 0.4) is 0 Å². The second-order valence-corrected chi connectivity index (χ2v) is 13.0. The maximum absolute atomic E-state index is 12.3. The summed E-state index contributed by atoms with van der Waals surface area (Å²) in [7, 11) is 0. The molecule has 0 atom stereocenters. The van der Waals surface area contributed by atoms with E-state index in [9.17, 15) is 9.59 Å². The Morgan fingerprint density at radius 3 is 1.80 bits per heavy atom. The summed E-state index contributed by atoms with van der Waals surface area (Å²) in [5.74, 6) is 1.69. The number of hydrogen-bond acceptors (Lipinski definition) is 4. The van der Waals surface area contributed by atoms with Gasteiger partial charge in [0, 0.05) is 50.1 Å². The van der Waals surface area contributed by atoms with Crippen LogP contribution in [0, 0.1) is 0 Å². The first kappa shape index (κ1) is 29.2. The van der Waals surface area contributed by atoms with E-state index in [2.05, 4.69) is 36.6 Å². The molecule has 0 bridgehead atoms. The molecule has 2 amide bonds. The fourth-order valence-corrected chi connectivity index (χ4v) is 6.35. The molecule has 0 unspecified atom stereocenters. The largest absolute Gasteiger partial charge is 0.493 e. The lowest BCUT2D eigenvalue weighted by Crippen LogP contribution is -2.32. The summed E-state index contributed by atoms with van der Waals surface area (Å²) in [5, 5.41) is 6.98. The molecule has 0 fully saturated rings. The monoisotopic (exact) mass is 636 g/mol. The molecule has 8 heteroatoms. The number of rotatable bonds is 2. The number of carbonyl (C=O) groups excluding carboxylic acids is 2. The minimum Gasteiger partial charge on any atom is -0.493 e. The van der Waals surface area contributed by atoms with Crippen LogP contribution in [-0.4, -0.2) is 24.0 Å². The van der Waals surface area contributed by atoms with Crippen LogP contribution in [0.4, 0.5) is 11.4 Å². The number of halogens is 2. The molecule has 0 aromatic heterocycles. The fourth-order valence-electron chi connectivity index (χ4n) is 6.01. The maximum atomic E-state index is 12.3. The number of ether oxygens (including phenoxy) is 2. The lowest BCUT2D eigenvalue weighted by atomic mass is 9.93. The molecule has 8 rings (SSSR count). The van der Waals surface area contributed by atoms with Gasteiger partial charge in [-0.25, -0.2) is 0 Å². The van der Waals surface area contributed by atoms with Gasteiger partial charge in [0.05, 0.1) is 6.61 Å². The average Bonchev–Trinajstić information content (AvgIpc) is 3.68. The molecule has 0 saturated carbocycles. The molecular weight excluding hydrogens is 607 g/mol. The Bertz CT molecular complexity index is 1960. The summed E-state index contributed by atoms with van der Waals surface area (Å²) in [4.78, 5) is 24.4. The number of nitrogens with one attached hydrogen (secondary N) is 2. The van der Waals surface area contributed by atoms with Gasteiger partial charge in [0.25, 0.3) is 11.8 Å². The number of anilines is 2. The molecule has 0 spiro atoms. The second-order valence-electron chi connectivity index (χ2n) is 12.1. The highest BCUT2D eigenvalue weighted by molar-refractivity contribution is 6.37. The standard InChI is InChI=1S/C20H18ClNO2.C17H12ClNO2/c1-20(2)8-7-13-9-12(3-6-18(13)24-20)10-16-15-11-14(21)4-5-17(15)22-19(16)23;18-12-2-3-15-13(9-12)14(17(20)19-15)8-10-1-4-16-11(7-10)5-6-21-16/h3-6,9-11H,7-8H2,1-2H3,(H,22,23);1-4,7-9H,5-6H2,(H,19,20). The van der Waals surface area contributed by atoms with Gasteiger partial charge in [0.1, 0.15) is 17.1 Å². The van der Waals surface area contributed by atoms with Crippen LogP contribution in [0.15, 0.2) is 72.8 Å². The molecule has 4 aliphatic heterocycles. The fraction of sp³-hybridized carbons (Fsp3) is 0.189. The van der Waals surface area contributed by atoms with E-state index >= 15 is 0 Å². The number of aryl methyl sites for hydroxylation is 1. The number of carbonyl (C=O) groups is 2. The molecule has 226 valence electrons. The molecule has 6 nitrogen and oxygen atoms in total. The van der Waals surface area contributed by atoms with Crippen molar-refractivity contribution < 1.29 is 19.1 Å². The molecule has 4 aliphatic rings. The van der Waals surface area contributed by atoms with Gasteiger partial charge in [-0.05, 0) is 122 Å². The van der Waals surface area contributed by atoms with Crippen molar-refractivity contribution in [3.8, 4) is 11.5 Å². The van der Waals surface area contributed by atoms with Gasteiger partial charge in [-0.3, -0.25) is 9.59 Å². The van der Waals surface area contributed by atoms with Crippen LogP contribution in [0.5, 0.6) is 11.5 Å². The van der Waals surface area contributed by atoms with Crippen LogP contribution in [0.25, 0.3) is 23.3 Å². The third-order valence-corrected chi connectivity index (χ3v) is 8.80. The number of hydrogen-bond donors (Lipinski definition) is 2. The van der Waals surface area contributed by atoms with Crippen molar-refractivity contribution in [1.29, 1.82) is 0 Å². The van der Waals surface area contributed by atoms with Crippen LogP contribution < -0.4 is 20.1 Å². The van der Waals surface area contributed by atoms with E-state index in [1.165, 1.54) is 11.1 Å². The topological polar surface area (TPSA) is 76.7 Å². The molecule has 0 radical (unpaired) electrons. The molecule has 4 heterocycles. The van der Waals surface area contributed by atoms with Crippen LogP contribution in [0.1, 0.15) is 53.6 Å². The summed E-state index contributed by atoms with van der Waals surface area (Å²) in [5.41, 5.74) is 8.85. The predicted molar refractivity (Wildman–Crippen MR) is 181 cm³/mol. The van der Waals surface area contributed by atoms with Crippen molar-refractivity contribution in [3.63, 3.8) is 0 Å². The summed E-state index contributed by atoms with van der Waals surface area (Å²) in [6.45, 7) is 4.94. The number of benzene rings is 4. The van der Waals surface area contributed by atoms with Crippen molar-refractivity contribution in [2.45, 2.75) is 38.7 Å². The van der Waals surface area contributed by atoms with E-state index in [-0.39, 0.29) is 17.4 Å². The Balaban J connectivity index is 0.000000146. The Hall–Kier alpha value is -4.52. The Labute approximate surface area is 271 Å². The van der Waals surface area contributed by atoms with Gasteiger partial charge < -0.3 is 20.1 Å². The minimum absolute atomic E-state index is 0.0935. The summed E-state index contributed by atoms with van der Waals surface area (Å²) in [6, 6.07) is 22.9. The Morgan fingerprint density at radius 1 is 0.689 bits per heavy atom. The SMILES string of the molecule is CC1(C)CCc2cc(C=C3C(=O)Nc4ccc(Cl)cc43)ccc2O1.O=C1Nc2ccc(Cl)cc2C1=Cc1ccc2c(c1)CCO2. The number of amides is 2. The molecular formula is C37H30Cl2N2O4. The van der Waals surface area contributed by atoms with Gasteiger partial charge >= 0.3 is 0 Å². The minimum atomic E-state index is -0.117. The van der Waals surface area contributed by atoms with E-state index in [0.29, 0.717) is 21.2 Å². The van der Waals surface area contributed by atoms with Gasteiger partial charge in [0.2, 0.25) is 0 Å².